The Morgan fingerprint density at radius 2 is 1.60 bits per heavy atom. The number of anilines is 1. The molecule has 0 aliphatic heterocycles. The lowest BCUT2D eigenvalue weighted by Gasteiger charge is -2.32. The molecule has 5 aromatic rings. The van der Waals surface area contributed by atoms with Gasteiger partial charge in [0.25, 0.3) is 5.56 Å². The molecule has 1 aromatic heterocycles. The lowest BCUT2D eigenvalue weighted by Crippen LogP contribution is -2.40. The highest BCUT2D eigenvalue weighted by molar-refractivity contribution is 5.89. The molecule has 7 heteroatoms. The molecule has 0 spiro atoms. The Bertz CT molecular complexity index is 1680. The van der Waals surface area contributed by atoms with Crippen LogP contribution in [0.3, 0.4) is 0 Å². The van der Waals surface area contributed by atoms with Crippen LogP contribution in [0.2, 0.25) is 0 Å². The first-order chi connectivity index (χ1) is 19.5. The minimum Gasteiger partial charge on any atom is -0.495 e. The van der Waals surface area contributed by atoms with Crippen molar-refractivity contribution in [2.45, 2.75) is 32.9 Å². The maximum atomic E-state index is 14.1. The van der Waals surface area contributed by atoms with Crippen molar-refractivity contribution < 1.29 is 9.53 Å². The number of benzene rings is 4. The number of para-hydroxylation sites is 3. The number of hydrogen-bond donors (Lipinski definition) is 1. The number of aromatic nitrogens is 2. The zero-order valence-electron chi connectivity index (χ0n) is 22.9. The highest BCUT2D eigenvalue weighted by atomic mass is 16.5. The Morgan fingerprint density at radius 1 is 0.925 bits per heavy atom. The molecule has 0 bridgehead atoms. The van der Waals surface area contributed by atoms with E-state index in [4.69, 9.17) is 9.72 Å². The van der Waals surface area contributed by atoms with Gasteiger partial charge in [-0.15, -0.1) is 0 Å². The fourth-order valence-corrected chi connectivity index (χ4v) is 4.90. The van der Waals surface area contributed by atoms with Gasteiger partial charge in [-0.1, -0.05) is 79.2 Å². The quantitative estimate of drug-likeness (QED) is 0.236. The van der Waals surface area contributed by atoms with Gasteiger partial charge in [-0.05, 0) is 55.3 Å². The summed E-state index contributed by atoms with van der Waals surface area (Å²) in [5, 5.41) is 3.55. The van der Waals surface area contributed by atoms with Crippen LogP contribution in [0.4, 0.5) is 10.5 Å². The van der Waals surface area contributed by atoms with Crippen LogP contribution in [0.5, 0.6) is 5.75 Å². The van der Waals surface area contributed by atoms with Crippen LogP contribution in [-0.4, -0.2) is 27.6 Å². The lowest BCUT2D eigenvalue weighted by atomic mass is 10.1. The Labute approximate surface area is 233 Å². The summed E-state index contributed by atoms with van der Waals surface area (Å²) in [6.07, 6.45) is 0.522. The zero-order valence-corrected chi connectivity index (χ0v) is 22.9. The molecule has 4 aromatic carbocycles. The van der Waals surface area contributed by atoms with Crippen molar-refractivity contribution in [1.82, 2.24) is 14.5 Å². The van der Waals surface area contributed by atoms with Crippen molar-refractivity contribution in [2.75, 3.05) is 12.4 Å². The van der Waals surface area contributed by atoms with Crippen LogP contribution in [0.15, 0.2) is 108 Å². The highest BCUT2D eigenvalue weighted by Crippen LogP contribution is 2.31. The molecule has 1 unspecified atom stereocenters. The number of carbonyl (C=O) groups is 1. The van der Waals surface area contributed by atoms with Gasteiger partial charge in [0, 0.05) is 12.2 Å². The van der Waals surface area contributed by atoms with Crippen molar-refractivity contribution >= 4 is 22.6 Å². The van der Waals surface area contributed by atoms with Gasteiger partial charge in [0.15, 0.2) is 0 Å². The molecule has 202 valence electrons. The van der Waals surface area contributed by atoms with Crippen molar-refractivity contribution in [2.24, 2.45) is 0 Å². The highest BCUT2D eigenvalue weighted by Gasteiger charge is 2.30. The molecular formula is C33H32N4O3. The van der Waals surface area contributed by atoms with Crippen LogP contribution >= 0.6 is 0 Å². The Hall–Kier alpha value is -4.91. The monoisotopic (exact) mass is 532 g/mol. The number of ether oxygens (including phenoxy) is 1. The van der Waals surface area contributed by atoms with E-state index in [0.717, 1.165) is 11.1 Å². The van der Waals surface area contributed by atoms with Crippen LogP contribution in [0.25, 0.3) is 16.6 Å². The molecule has 0 saturated heterocycles. The number of nitrogens with zero attached hydrogens (tertiary/aromatic N) is 3. The second-order valence-electron chi connectivity index (χ2n) is 9.63. The van der Waals surface area contributed by atoms with E-state index in [1.54, 1.807) is 22.6 Å². The summed E-state index contributed by atoms with van der Waals surface area (Å²) >= 11 is 0. The van der Waals surface area contributed by atoms with Gasteiger partial charge >= 0.3 is 6.03 Å². The molecule has 40 heavy (non-hydrogen) atoms. The van der Waals surface area contributed by atoms with E-state index in [-0.39, 0.29) is 11.6 Å². The molecular weight excluding hydrogens is 500 g/mol. The van der Waals surface area contributed by atoms with Crippen molar-refractivity contribution in [3.8, 4) is 11.4 Å². The van der Waals surface area contributed by atoms with E-state index in [2.05, 4.69) is 5.32 Å². The first-order valence-electron chi connectivity index (χ1n) is 13.3. The molecule has 1 heterocycles. The van der Waals surface area contributed by atoms with Gasteiger partial charge in [-0.25, -0.2) is 9.78 Å². The maximum absolute atomic E-state index is 14.1. The number of methoxy groups -OCH3 is 1. The first kappa shape index (κ1) is 26.7. The summed E-state index contributed by atoms with van der Waals surface area (Å²) < 4.78 is 7.24. The smallest absolute Gasteiger partial charge is 0.322 e. The largest absolute Gasteiger partial charge is 0.495 e. The summed E-state index contributed by atoms with van der Waals surface area (Å²) in [7, 11) is 1.58. The molecule has 0 radical (unpaired) electrons. The van der Waals surface area contributed by atoms with Crippen molar-refractivity contribution in [3.05, 3.63) is 130 Å². The first-order valence-corrected chi connectivity index (χ1v) is 13.3. The lowest BCUT2D eigenvalue weighted by molar-refractivity contribution is 0.177. The molecule has 1 N–H and O–H groups in total. The van der Waals surface area contributed by atoms with E-state index in [1.807, 2.05) is 111 Å². The van der Waals surface area contributed by atoms with Gasteiger partial charge in [-0.2, -0.15) is 0 Å². The molecule has 0 fully saturated rings. The normalized spacial score (nSPS) is 11.7. The van der Waals surface area contributed by atoms with E-state index < -0.39 is 6.04 Å². The minimum absolute atomic E-state index is 0.220. The standard InChI is InChI=1S/C33H32N4O3/c1-4-28(36(22-24-12-6-5-7-13-24)33(39)34-25-20-18-23(2)19-21-25)31-35-27-15-9-8-14-26(27)32(38)37(31)29-16-10-11-17-30(29)40-3/h5-21,28H,4,22H2,1-3H3,(H,34,39). The van der Waals surface area contributed by atoms with Gasteiger partial charge in [0.05, 0.1) is 29.7 Å². The number of rotatable bonds is 8. The fraction of sp³-hybridized carbons (Fsp3) is 0.182. The molecule has 1 atom stereocenters. The van der Waals surface area contributed by atoms with Gasteiger partial charge in [0.2, 0.25) is 0 Å². The average molecular weight is 533 g/mol. The van der Waals surface area contributed by atoms with E-state index in [9.17, 15) is 9.59 Å². The summed E-state index contributed by atoms with van der Waals surface area (Å²) in [4.78, 5) is 34.8. The third-order valence-corrected chi connectivity index (χ3v) is 6.95. The molecule has 0 saturated carbocycles. The molecule has 0 aliphatic rings. The number of amides is 2. The molecule has 2 amide bonds. The number of carbonyl (C=O) groups excluding carboxylic acids is 1. The molecule has 7 nitrogen and oxygen atoms in total. The third-order valence-electron chi connectivity index (χ3n) is 6.95. The van der Waals surface area contributed by atoms with Crippen LogP contribution < -0.4 is 15.6 Å². The van der Waals surface area contributed by atoms with E-state index >= 15 is 0 Å². The number of nitrogens with one attached hydrogen (secondary N) is 1. The second kappa shape index (κ2) is 11.9. The van der Waals surface area contributed by atoms with Crippen LogP contribution in [-0.2, 0) is 6.54 Å². The summed E-state index contributed by atoms with van der Waals surface area (Å²) in [6, 6.07) is 31.3. The number of fused-ring (bicyclic) bond motifs is 1. The van der Waals surface area contributed by atoms with Crippen LogP contribution in [0, 0.1) is 6.92 Å². The average Bonchev–Trinajstić information content (AvgIpc) is 2.99. The number of urea groups is 1. The summed E-state index contributed by atoms with van der Waals surface area (Å²) in [5.41, 5.74) is 3.68. The molecule has 0 aliphatic carbocycles. The predicted molar refractivity (Wildman–Crippen MR) is 159 cm³/mol. The minimum atomic E-state index is -0.534. The SMILES string of the molecule is CCC(c1nc2ccccc2c(=O)n1-c1ccccc1OC)N(Cc1ccccc1)C(=O)Nc1ccc(C)cc1. The Balaban J connectivity index is 1.70. The second-order valence-corrected chi connectivity index (χ2v) is 9.63. The summed E-state index contributed by atoms with van der Waals surface area (Å²) in [6.45, 7) is 4.32. The van der Waals surface area contributed by atoms with Crippen molar-refractivity contribution in [1.29, 1.82) is 0 Å². The number of hydrogen-bond acceptors (Lipinski definition) is 4. The van der Waals surface area contributed by atoms with Crippen molar-refractivity contribution in [3.63, 3.8) is 0 Å². The Kier molecular flexibility index (Phi) is 7.92. The van der Waals surface area contributed by atoms with Gasteiger partial charge in [0.1, 0.15) is 11.6 Å². The predicted octanol–water partition coefficient (Wildman–Crippen LogP) is 6.89. The maximum Gasteiger partial charge on any atom is 0.322 e. The third kappa shape index (κ3) is 5.45. The van der Waals surface area contributed by atoms with Crippen LogP contribution in [0.1, 0.15) is 36.3 Å². The topological polar surface area (TPSA) is 76.5 Å². The van der Waals surface area contributed by atoms with E-state index in [0.29, 0.717) is 46.8 Å². The number of aryl methyl sites for hydroxylation is 1. The van der Waals surface area contributed by atoms with Gasteiger partial charge < -0.3 is 15.0 Å². The Morgan fingerprint density at radius 3 is 2.33 bits per heavy atom. The zero-order chi connectivity index (χ0) is 28.1. The fourth-order valence-electron chi connectivity index (χ4n) is 4.90. The van der Waals surface area contributed by atoms with Gasteiger partial charge in [-0.3, -0.25) is 9.36 Å². The summed E-state index contributed by atoms with van der Waals surface area (Å²) in [5.74, 6) is 1.00. The van der Waals surface area contributed by atoms with E-state index in [1.165, 1.54) is 0 Å². The molecule has 5 rings (SSSR count).